The Labute approximate surface area is 180 Å². The molecule has 0 radical (unpaired) electrons. The maximum absolute atomic E-state index is 13.9. The number of rotatable bonds is 3. The highest BCUT2D eigenvalue weighted by atomic mass is 19.4. The van der Waals surface area contributed by atoms with E-state index in [1.165, 1.54) is 36.5 Å². The number of H-pyrrole nitrogens is 1. The number of hydrogen-bond acceptors (Lipinski definition) is 3. The molecule has 0 saturated heterocycles. The summed E-state index contributed by atoms with van der Waals surface area (Å²) >= 11 is 0. The number of aromatic nitrogens is 1. The van der Waals surface area contributed by atoms with Gasteiger partial charge in [-0.05, 0) is 47.5 Å². The van der Waals surface area contributed by atoms with Crippen LogP contribution in [0.4, 0.5) is 28.9 Å². The van der Waals surface area contributed by atoms with Gasteiger partial charge in [-0.25, -0.2) is 4.39 Å². The van der Waals surface area contributed by atoms with Crippen molar-refractivity contribution in [3.05, 3.63) is 88.7 Å². The summed E-state index contributed by atoms with van der Waals surface area (Å²) in [5.41, 5.74) is 2.07. The van der Waals surface area contributed by atoms with Crippen molar-refractivity contribution in [2.24, 2.45) is 4.99 Å². The van der Waals surface area contributed by atoms with Crippen LogP contribution in [0.15, 0.2) is 65.7 Å². The van der Waals surface area contributed by atoms with E-state index in [-0.39, 0.29) is 22.8 Å². The molecule has 1 aromatic heterocycles. The van der Waals surface area contributed by atoms with Gasteiger partial charge in [-0.2, -0.15) is 13.2 Å². The molecule has 1 aliphatic heterocycles. The number of hydrogen-bond donors (Lipinski definition) is 2. The second-order valence-corrected chi connectivity index (χ2v) is 7.66. The monoisotopic (exact) mass is 439 g/mol. The predicted octanol–water partition coefficient (Wildman–Crippen LogP) is 6.30. The van der Waals surface area contributed by atoms with Gasteiger partial charge in [0.25, 0.3) is 0 Å². The quantitative estimate of drug-likeness (QED) is 0.291. The van der Waals surface area contributed by atoms with Crippen LogP contribution in [0.1, 0.15) is 22.3 Å². The van der Waals surface area contributed by atoms with Crippen molar-refractivity contribution in [1.29, 1.82) is 0 Å². The van der Waals surface area contributed by atoms with Gasteiger partial charge in [0.1, 0.15) is 5.82 Å². The van der Waals surface area contributed by atoms with Crippen LogP contribution in [0.25, 0.3) is 10.9 Å². The summed E-state index contributed by atoms with van der Waals surface area (Å²) in [7, 11) is 0. The summed E-state index contributed by atoms with van der Waals surface area (Å²) in [6, 6.07) is 15.4. The first-order chi connectivity index (χ1) is 15.3. The first kappa shape index (κ1) is 20.1. The van der Waals surface area contributed by atoms with Gasteiger partial charge in [0.05, 0.1) is 22.3 Å². The molecule has 0 fully saturated rings. The molecule has 0 aliphatic carbocycles. The Morgan fingerprint density at radius 2 is 1.69 bits per heavy atom. The van der Waals surface area contributed by atoms with Crippen LogP contribution >= 0.6 is 0 Å². The van der Waals surface area contributed by atoms with Gasteiger partial charge in [-0.15, -0.1) is 0 Å². The summed E-state index contributed by atoms with van der Waals surface area (Å²) in [4.78, 5) is 8.47. The third-order valence-electron chi connectivity index (χ3n) is 5.59. The first-order valence-electron chi connectivity index (χ1n) is 9.87. The number of nitrogens with zero attached hydrogens (tertiary/aromatic N) is 2. The molecule has 0 unspecified atom stereocenters. The number of anilines is 1. The number of aliphatic imine (C=N–C) groups is 1. The summed E-state index contributed by atoms with van der Waals surface area (Å²) < 4.78 is 55.0. The minimum Gasteiger partial charge on any atom is -0.494 e. The van der Waals surface area contributed by atoms with Crippen LogP contribution in [-0.4, -0.2) is 16.3 Å². The molecule has 8 heteroatoms. The fourth-order valence-corrected chi connectivity index (χ4v) is 4.06. The van der Waals surface area contributed by atoms with Gasteiger partial charge in [-0.3, -0.25) is 4.99 Å². The van der Waals surface area contributed by atoms with Crippen LogP contribution in [0.5, 0.6) is 5.88 Å². The largest absolute Gasteiger partial charge is 0.494 e. The van der Waals surface area contributed by atoms with E-state index < -0.39 is 17.6 Å². The maximum Gasteiger partial charge on any atom is 0.418 e. The molecule has 0 spiro atoms. The van der Waals surface area contributed by atoms with Gasteiger partial charge in [0.2, 0.25) is 0 Å². The molecule has 2 N–H and O–H groups in total. The van der Waals surface area contributed by atoms with Crippen molar-refractivity contribution in [3.63, 3.8) is 0 Å². The highest BCUT2D eigenvalue weighted by Crippen LogP contribution is 2.41. The third kappa shape index (κ3) is 3.57. The molecule has 4 aromatic rings. The topological polar surface area (TPSA) is 51.6 Å². The number of fused-ring (bicyclic) bond motifs is 2. The SMILES string of the molecule is Oc1[nH]c2cc(F)ccc2c1C=Nc1ccc(N2Cc3ccccc3C2)c(C(F)(F)F)c1. The zero-order valence-corrected chi connectivity index (χ0v) is 16.6. The smallest absolute Gasteiger partial charge is 0.418 e. The number of halogens is 4. The molecule has 3 aromatic carbocycles. The Kier molecular flexibility index (Phi) is 4.65. The van der Waals surface area contributed by atoms with Crippen molar-refractivity contribution >= 4 is 28.5 Å². The number of aromatic hydroxyl groups is 1. The zero-order valence-electron chi connectivity index (χ0n) is 16.6. The molecule has 1 aliphatic rings. The molecule has 0 saturated carbocycles. The molecular formula is C24H17F4N3O. The number of benzene rings is 3. The average molecular weight is 439 g/mol. The molecule has 2 heterocycles. The van der Waals surface area contributed by atoms with Gasteiger partial charge >= 0.3 is 6.18 Å². The van der Waals surface area contributed by atoms with E-state index in [1.807, 2.05) is 24.3 Å². The Hall–Kier alpha value is -3.81. The zero-order chi connectivity index (χ0) is 22.5. The van der Waals surface area contributed by atoms with Crippen LogP contribution in [0.3, 0.4) is 0 Å². The Morgan fingerprint density at radius 1 is 0.969 bits per heavy atom. The lowest BCUT2D eigenvalue weighted by Crippen LogP contribution is -2.19. The summed E-state index contributed by atoms with van der Waals surface area (Å²) in [5.74, 6) is -0.714. The normalized spacial score (nSPS) is 13.9. The molecule has 0 atom stereocenters. The van der Waals surface area contributed by atoms with E-state index in [0.717, 1.165) is 17.2 Å². The number of alkyl halides is 3. The van der Waals surface area contributed by atoms with Crippen molar-refractivity contribution in [3.8, 4) is 5.88 Å². The van der Waals surface area contributed by atoms with E-state index in [4.69, 9.17) is 0 Å². The van der Waals surface area contributed by atoms with Gasteiger partial charge in [0, 0.05) is 30.4 Å². The number of aromatic amines is 1. The van der Waals surface area contributed by atoms with Gasteiger partial charge in [0.15, 0.2) is 5.88 Å². The average Bonchev–Trinajstić information content (AvgIpc) is 3.31. The van der Waals surface area contributed by atoms with E-state index >= 15 is 0 Å². The Morgan fingerprint density at radius 3 is 2.38 bits per heavy atom. The fourth-order valence-electron chi connectivity index (χ4n) is 4.06. The molecule has 4 nitrogen and oxygen atoms in total. The lowest BCUT2D eigenvalue weighted by atomic mass is 10.1. The van der Waals surface area contributed by atoms with E-state index in [9.17, 15) is 22.7 Å². The van der Waals surface area contributed by atoms with Crippen molar-refractivity contribution in [2.75, 3.05) is 4.90 Å². The van der Waals surface area contributed by atoms with Crippen LogP contribution in [0.2, 0.25) is 0 Å². The summed E-state index contributed by atoms with van der Waals surface area (Å²) in [6.45, 7) is 0.809. The van der Waals surface area contributed by atoms with Crippen LogP contribution in [0, 0.1) is 5.82 Å². The molecular weight excluding hydrogens is 422 g/mol. The summed E-state index contributed by atoms with van der Waals surface area (Å²) in [5, 5.41) is 10.6. The number of nitrogens with one attached hydrogen (secondary N) is 1. The van der Waals surface area contributed by atoms with Gasteiger partial charge < -0.3 is 15.0 Å². The molecule has 5 rings (SSSR count). The highest BCUT2D eigenvalue weighted by molar-refractivity contribution is 6.02. The Balaban J connectivity index is 1.50. The minimum absolute atomic E-state index is 0.0913. The van der Waals surface area contributed by atoms with Crippen molar-refractivity contribution in [2.45, 2.75) is 19.3 Å². The maximum atomic E-state index is 13.9. The second kappa shape index (κ2) is 7.40. The highest BCUT2D eigenvalue weighted by Gasteiger charge is 2.36. The fraction of sp³-hybridized carbons (Fsp3) is 0.125. The minimum atomic E-state index is -4.56. The molecule has 0 amide bonds. The van der Waals surface area contributed by atoms with Crippen molar-refractivity contribution < 1.29 is 22.7 Å². The lowest BCUT2D eigenvalue weighted by molar-refractivity contribution is -0.137. The first-order valence-corrected chi connectivity index (χ1v) is 9.87. The molecule has 32 heavy (non-hydrogen) atoms. The lowest BCUT2D eigenvalue weighted by Gasteiger charge is -2.23. The van der Waals surface area contributed by atoms with Crippen LogP contribution in [-0.2, 0) is 19.3 Å². The summed E-state index contributed by atoms with van der Waals surface area (Å²) in [6.07, 6.45) is -3.29. The van der Waals surface area contributed by atoms with E-state index in [1.54, 1.807) is 4.90 Å². The van der Waals surface area contributed by atoms with Crippen LogP contribution < -0.4 is 4.90 Å². The van der Waals surface area contributed by atoms with E-state index in [0.29, 0.717) is 24.0 Å². The molecule has 162 valence electrons. The standard InChI is InChI=1S/C24H17F4N3O/c25-16-5-7-18-19(23(32)30-21(18)9-16)11-29-17-6-8-22(20(10-17)24(26,27)28)31-12-14-3-1-2-4-15(14)13-31/h1-11,30,32H,12-13H2. The second-order valence-electron chi connectivity index (χ2n) is 7.66. The third-order valence-corrected chi connectivity index (χ3v) is 5.59. The van der Waals surface area contributed by atoms with Gasteiger partial charge in [-0.1, -0.05) is 24.3 Å². The Bertz CT molecular complexity index is 1330. The molecule has 0 bridgehead atoms. The van der Waals surface area contributed by atoms with Crippen molar-refractivity contribution in [1.82, 2.24) is 4.98 Å². The predicted molar refractivity (Wildman–Crippen MR) is 115 cm³/mol. The van der Waals surface area contributed by atoms with E-state index in [2.05, 4.69) is 9.98 Å².